The maximum Gasteiger partial charge on any atom is 3.00 e. The Morgan fingerprint density at radius 1 is 0.228 bits per heavy atom. The second-order valence-corrected chi connectivity index (χ2v) is 20.6. The smallest absolute Gasteiger partial charge is 0.347 e. The predicted octanol–water partition coefficient (Wildman–Crippen LogP) is 19.4. The summed E-state index contributed by atoms with van der Waals surface area (Å²) in [6.45, 7) is 0. The van der Waals surface area contributed by atoms with Crippen molar-refractivity contribution in [3.05, 3.63) is 365 Å². The Kier molecular flexibility index (Phi) is 21.1. The number of hydrogen-bond acceptors (Lipinski definition) is 6. The van der Waals surface area contributed by atoms with Gasteiger partial charge in [0.15, 0.2) is 0 Å². The minimum atomic E-state index is 0. The molecular weight excluding hydrogens is 1480 g/mol. The molecule has 0 fully saturated rings. The van der Waals surface area contributed by atoms with Gasteiger partial charge in [0, 0.05) is 24.8 Å². The van der Waals surface area contributed by atoms with Gasteiger partial charge in [-0.1, -0.05) is 133 Å². The van der Waals surface area contributed by atoms with Gasteiger partial charge in [0.1, 0.15) is 0 Å². The van der Waals surface area contributed by atoms with Crippen molar-refractivity contribution in [2.45, 2.75) is 0 Å². The number of rotatable bonds is 4. The maximum absolute atomic E-state index is 4.61. The third kappa shape index (κ3) is 15.4. The largest absolute Gasteiger partial charge is 3.00 e. The summed E-state index contributed by atoms with van der Waals surface area (Å²) < 4.78 is 4.00. The van der Waals surface area contributed by atoms with Crippen LogP contribution in [0, 0.1) is 36.4 Å². The topological polar surface area (TPSA) is 86.2 Å². The molecule has 0 saturated heterocycles. The van der Waals surface area contributed by atoms with E-state index in [1.165, 1.54) is 32.3 Å². The summed E-state index contributed by atoms with van der Waals surface area (Å²) in [5.41, 5.74) is 14.1. The zero-order chi connectivity index (χ0) is 60.5. The Morgan fingerprint density at radius 2 is 0.500 bits per heavy atom. The van der Waals surface area contributed by atoms with Gasteiger partial charge < -0.3 is 8.80 Å². The van der Waals surface area contributed by atoms with E-state index in [4.69, 9.17) is 0 Å². The molecule has 0 amide bonds. The fourth-order valence-electron chi connectivity index (χ4n) is 10.2. The van der Waals surface area contributed by atoms with Gasteiger partial charge in [-0.15, -0.1) is 214 Å². The van der Waals surface area contributed by atoms with Crippen LogP contribution >= 0.6 is 0 Å². The molecule has 0 bridgehead atoms. The van der Waals surface area contributed by atoms with Crippen molar-refractivity contribution in [3.8, 4) is 45.0 Å². The van der Waals surface area contributed by atoms with E-state index in [0.29, 0.717) is 0 Å². The number of pyridine rings is 6. The number of hydrogen-bond donors (Lipinski definition) is 0. The second-order valence-electron chi connectivity index (χ2n) is 20.6. The van der Waals surface area contributed by atoms with Crippen LogP contribution in [0.2, 0.25) is 0 Å². The number of aromatic nitrogens is 8. The third-order valence-electron chi connectivity index (χ3n) is 14.7. The Morgan fingerprint density at radius 3 is 0.793 bits per heavy atom. The minimum absolute atomic E-state index is 0. The van der Waals surface area contributed by atoms with Gasteiger partial charge in [-0.25, -0.2) is 0 Å². The fourth-order valence-corrected chi connectivity index (χ4v) is 10.2. The quantitative estimate of drug-likeness (QED) is 0.163. The normalized spacial score (nSPS) is 10.4. The molecule has 8 heterocycles. The number of nitrogens with zero attached hydrogens (tertiary/aromatic N) is 8. The van der Waals surface area contributed by atoms with E-state index in [0.717, 1.165) is 89.2 Å². The molecule has 92 heavy (non-hydrogen) atoms. The van der Waals surface area contributed by atoms with Gasteiger partial charge in [0.25, 0.3) is 0 Å². The molecule has 0 aliphatic carbocycles. The minimum Gasteiger partial charge on any atom is -0.347 e. The van der Waals surface area contributed by atoms with Crippen molar-refractivity contribution < 1.29 is 40.2 Å². The molecule has 8 aromatic heterocycles. The standard InChI is InChI=1S/4C15H10N.2C11H7N2.2Ir/c4*1-2-6-12(7-3-1)15-11-10-13-8-4-5-9-14(13)16-15;2*1-2-4-10-9(3-1)5-7-13-8-6-12-11(10)13;;/h4*1-6,8-11H;2*1-3,5-8H;;/q6*-1;2*+3. The van der Waals surface area contributed by atoms with Crippen molar-refractivity contribution in [3.63, 3.8) is 0 Å². The Hall–Kier alpha value is -11.0. The fraction of sp³-hybridized carbons (Fsp3) is 0. The molecule has 0 saturated carbocycles. The van der Waals surface area contributed by atoms with Gasteiger partial charge in [0.05, 0.1) is 33.4 Å². The average Bonchev–Trinajstić information content (AvgIpc) is 2.24. The van der Waals surface area contributed by atoms with Crippen molar-refractivity contribution >= 4 is 76.5 Å². The molecule has 18 rings (SSSR count). The summed E-state index contributed by atoms with van der Waals surface area (Å²) in [4.78, 5) is 27.0. The first-order valence-electron chi connectivity index (χ1n) is 29.4. The zero-order valence-corrected chi connectivity index (χ0v) is 54.2. The van der Waals surface area contributed by atoms with Crippen LogP contribution in [-0.2, 0) is 40.2 Å². The number of fused-ring (bicyclic) bond motifs is 10. The van der Waals surface area contributed by atoms with E-state index in [1.807, 2.05) is 252 Å². The van der Waals surface area contributed by atoms with Crippen LogP contribution in [0.3, 0.4) is 0 Å². The molecule has 0 unspecified atom stereocenters. The van der Waals surface area contributed by atoms with Crippen LogP contribution in [0.15, 0.2) is 328 Å². The van der Waals surface area contributed by atoms with Gasteiger partial charge in [0.2, 0.25) is 0 Å². The molecule has 0 aliphatic heterocycles. The number of benzene rings is 10. The summed E-state index contributed by atoms with van der Waals surface area (Å²) in [6.07, 6.45) is 11.5. The molecule has 0 N–H and O–H groups in total. The van der Waals surface area contributed by atoms with E-state index in [1.54, 1.807) is 12.4 Å². The van der Waals surface area contributed by atoms with Gasteiger partial charge in [-0.3, -0.25) is 29.9 Å². The number of para-hydroxylation sites is 4. The van der Waals surface area contributed by atoms with Crippen LogP contribution in [-0.4, -0.2) is 38.7 Å². The van der Waals surface area contributed by atoms with Gasteiger partial charge in [-0.05, 0) is 81.0 Å². The first-order chi connectivity index (χ1) is 44.6. The molecule has 8 nitrogen and oxygen atoms in total. The molecule has 0 spiro atoms. The summed E-state index contributed by atoms with van der Waals surface area (Å²) in [7, 11) is 0. The summed E-state index contributed by atoms with van der Waals surface area (Å²) in [5, 5.41) is 9.20. The predicted molar refractivity (Wildman–Crippen MR) is 367 cm³/mol. The van der Waals surface area contributed by atoms with E-state index < -0.39 is 0 Å². The molecule has 0 aliphatic rings. The molecule has 10 aromatic carbocycles. The van der Waals surface area contributed by atoms with Crippen molar-refractivity contribution in [1.29, 1.82) is 0 Å². The molecule has 440 valence electrons. The summed E-state index contributed by atoms with van der Waals surface area (Å²) in [6, 6.07) is 116. The van der Waals surface area contributed by atoms with Crippen LogP contribution in [0.4, 0.5) is 0 Å². The molecule has 0 atom stereocenters. The Balaban J connectivity index is 0.000000113. The number of imidazole rings is 2. The van der Waals surface area contributed by atoms with Gasteiger partial charge in [-0.2, -0.15) is 0 Å². The van der Waals surface area contributed by atoms with Gasteiger partial charge >= 0.3 is 40.2 Å². The van der Waals surface area contributed by atoms with Crippen LogP contribution in [0.1, 0.15) is 0 Å². The molecule has 10 heteroatoms. The van der Waals surface area contributed by atoms with E-state index in [9.17, 15) is 0 Å². The van der Waals surface area contributed by atoms with Crippen molar-refractivity contribution in [2.75, 3.05) is 0 Å². The van der Waals surface area contributed by atoms with Crippen molar-refractivity contribution in [1.82, 2.24) is 38.7 Å². The molecule has 18 aromatic rings. The Bertz CT molecular complexity index is 4770. The molecule has 0 radical (unpaired) electrons. The Labute approximate surface area is 561 Å². The van der Waals surface area contributed by atoms with Crippen molar-refractivity contribution in [2.24, 2.45) is 0 Å². The van der Waals surface area contributed by atoms with Crippen LogP contribution in [0.25, 0.3) is 121 Å². The van der Waals surface area contributed by atoms with Crippen LogP contribution < -0.4 is 0 Å². The SMILES string of the molecule is [Ir+3].[Ir+3].[c-]1cccc2ccn3ccnc3c12.[c-]1cccc2ccn3ccnc3c12.[c-]1ccccc1-c1ccc2ccccc2n1.[c-]1ccccc1-c1ccc2ccccc2n1.[c-]1ccccc1-c1ccc2ccccc2n1.[c-]1ccccc1-c1ccc2ccccc2n1. The monoisotopic (exact) mass is 1540 g/mol. The first kappa shape index (κ1) is 62.6. The second kappa shape index (κ2) is 31.0. The van der Waals surface area contributed by atoms with E-state index in [2.05, 4.69) is 139 Å². The van der Waals surface area contributed by atoms with Crippen LogP contribution in [0.5, 0.6) is 0 Å². The zero-order valence-electron chi connectivity index (χ0n) is 49.4. The summed E-state index contributed by atoms with van der Waals surface area (Å²) >= 11 is 0. The third-order valence-corrected chi connectivity index (χ3v) is 14.7. The summed E-state index contributed by atoms with van der Waals surface area (Å²) in [5.74, 6) is 0. The average molecular weight is 1540 g/mol. The first-order valence-corrected chi connectivity index (χ1v) is 29.4. The molecular formula is C82H54Ir2N8. The van der Waals surface area contributed by atoms with E-state index >= 15 is 0 Å². The van der Waals surface area contributed by atoms with E-state index in [-0.39, 0.29) is 40.2 Å². The maximum atomic E-state index is 4.61.